The van der Waals surface area contributed by atoms with Crippen molar-refractivity contribution < 1.29 is 35.8 Å². The maximum Gasteiger partial charge on any atom is 2.00 e. The topological polar surface area (TPSA) is 114 Å². The summed E-state index contributed by atoms with van der Waals surface area (Å²) in [6, 6.07) is -0.931. The zero-order valence-electron chi connectivity index (χ0n) is 12.2. The van der Waals surface area contributed by atoms with E-state index in [0.29, 0.717) is 0 Å². The minimum absolute atomic E-state index is 0. The molecule has 0 aliphatic heterocycles. The van der Waals surface area contributed by atoms with Crippen molar-refractivity contribution in [3.63, 3.8) is 0 Å². The van der Waals surface area contributed by atoms with Crippen LogP contribution in [0.15, 0.2) is 0 Å². The van der Waals surface area contributed by atoms with Crippen LogP contribution in [-0.2, 0) is 30.7 Å². The van der Waals surface area contributed by atoms with Gasteiger partial charge in [0.15, 0.2) is 0 Å². The van der Waals surface area contributed by atoms with Crippen molar-refractivity contribution >= 4 is 11.9 Å². The molecule has 1 rings (SSSR count). The number of carbonyl (C=O) groups excluding carboxylic acids is 1. The molecule has 20 heavy (non-hydrogen) atoms. The van der Waals surface area contributed by atoms with E-state index in [1.54, 1.807) is 13.8 Å². The third kappa shape index (κ3) is 9.45. The van der Waals surface area contributed by atoms with Crippen LogP contribution in [0.25, 0.3) is 11.5 Å². The second-order valence-corrected chi connectivity index (χ2v) is 5.26. The molecule has 1 fully saturated rings. The molecule has 0 saturated heterocycles. The molecule has 1 aliphatic rings. The molecular weight excluding hydrogens is 441 g/mol. The molecule has 120 valence electrons. The van der Waals surface area contributed by atoms with Gasteiger partial charge in [-0.05, 0) is 5.92 Å². The second-order valence-electron chi connectivity index (χ2n) is 5.26. The van der Waals surface area contributed by atoms with Gasteiger partial charge in [-0.3, -0.25) is 4.79 Å². The van der Waals surface area contributed by atoms with Crippen LogP contribution in [0.1, 0.15) is 46.5 Å². The summed E-state index contributed by atoms with van der Waals surface area (Å²) in [5.41, 5.74) is 14.6. The van der Waals surface area contributed by atoms with Gasteiger partial charge in [0.05, 0.1) is 0 Å². The summed E-state index contributed by atoms with van der Waals surface area (Å²) in [7, 11) is 0. The monoisotopic (exact) mass is 466 g/mol. The van der Waals surface area contributed by atoms with E-state index in [2.05, 4.69) is 5.32 Å². The van der Waals surface area contributed by atoms with Crippen molar-refractivity contribution in [1.82, 2.24) is 5.32 Å². The zero-order valence-corrected chi connectivity index (χ0v) is 14.5. The van der Waals surface area contributed by atoms with Crippen LogP contribution in [0.2, 0.25) is 0 Å². The van der Waals surface area contributed by atoms with E-state index in [1.807, 2.05) is 0 Å². The van der Waals surface area contributed by atoms with Crippen LogP contribution in [0.4, 0.5) is 0 Å². The van der Waals surface area contributed by atoms with Crippen molar-refractivity contribution in [2.75, 3.05) is 0 Å². The Morgan fingerprint density at radius 2 is 1.55 bits per heavy atom. The Kier molecular flexibility index (Phi) is 12.3. The van der Waals surface area contributed by atoms with E-state index in [0.717, 1.165) is 12.8 Å². The number of amides is 1. The summed E-state index contributed by atoms with van der Waals surface area (Å²) >= 11 is 0. The van der Waals surface area contributed by atoms with Gasteiger partial charge >= 0.3 is 27.0 Å². The molecule has 3 unspecified atom stereocenters. The van der Waals surface area contributed by atoms with Crippen molar-refractivity contribution in [2.45, 2.75) is 64.6 Å². The average molecular weight is 466 g/mol. The van der Waals surface area contributed by atoms with Gasteiger partial charge in [-0.25, -0.2) is 4.79 Å². The molecule has 0 bridgehead atoms. The molecule has 0 heterocycles. The summed E-state index contributed by atoms with van der Waals surface area (Å²) < 4.78 is 0. The maximum atomic E-state index is 10.5. The van der Waals surface area contributed by atoms with Gasteiger partial charge in [-0.1, -0.05) is 39.5 Å². The van der Waals surface area contributed by atoms with Crippen LogP contribution < -0.4 is 5.32 Å². The standard InChI is InChI=1S/C7H13NO3.C6H12N2.Pt/c1-4(2)6(7(10)11)8-5(3)9;7-5-3-1-2-4-6(5)8;/h4,6H,1-3H3,(H,8,9)(H,10,11);5-8H,1-4H2;/q;-2;+2. The van der Waals surface area contributed by atoms with E-state index < -0.39 is 12.0 Å². The number of nitrogens with one attached hydrogen (secondary N) is 3. The minimum Gasteiger partial charge on any atom is -0.676 e. The molecule has 0 aromatic rings. The molecule has 1 saturated carbocycles. The zero-order chi connectivity index (χ0) is 15.0. The van der Waals surface area contributed by atoms with Gasteiger partial charge < -0.3 is 21.9 Å². The maximum absolute atomic E-state index is 10.5. The number of carboxylic acid groups (broad SMARTS) is 1. The van der Waals surface area contributed by atoms with E-state index in [9.17, 15) is 9.59 Å². The van der Waals surface area contributed by atoms with E-state index >= 15 is 0 Å². The molecule has 0 aromatic heterocycles. The molecule has 1 amide bonds. The Bertz CT molecular complexity index is 291. The normalized spacial score (nSPS) is 22.9. The van der Waals surface area contributed by atoms with Gasteiger partial charge in [-0.2, -0.15) is 12.1 Å². The Morgan fingerprint density at radius 3 is 1.70 bits per heavy atom. The Hall–Kier alpha value is -0.452. The Morgan fingerprint density at radius 1 is 1.15 bits per heavy atom. The molecule has 0 radical (unpaired) electrons. The first-order valence-electron chi connectivity index (χ1n) is 6.67. The minimum atomic E-state index is -0.991. The van der Waals surface area contributed by atoms with Crippen molar-refractivity contribution in [2.24, 2.45) is 5.92 Å². The van der Waals surface area contributed by atoms with Gasteiger partial charge in [0.2, 0.25) is 5.91 Å². The summed E-state index contributed by atoms with van der Waals surface area (Å²) in [6.45, 7) is 4.79. The number of rotatable bonds is 3. The summed E-state index contributed by atoms with van der Waals surface area (Å²) in [5.74, 6) is -1.39. The molecule has 6 nitrogen and oxygen atoms in total. The molecule has 3 atom stereocenters. The van der Waals surface area contributed by atoms with Crippen LogP contribution >= 0.6 is 0 Å². The van der Waals surface area contributed by atoms with E-state index in [1.165, 1.54) is 19.8 Å². The fraction of sp³-hybridized carbons (Fsp3) is 0.846. The third-order valence-corrected chi connectivity index (χ3v) is 3.06. The van der Waals surface area contributed by atoms with Gasteiger partial charge in [-0.15, -0.1) is 0 Å². The predicted octanol–water partition coefficient (Wildman–Crippen LogP) is 2.63. The van der Waals surface area contributed by atoms with E-state index in [-0.39, 0.29) is 45.0 Å². The summed E-state index contributed by atoms with van der Waals surface area (Å²) in [6.07, 6.45) is 4.25. The van der Waals surface area contributed by atoms with Gasteiger partial charge in [0.1, 0.15) is 6.04 Å². The third-order valence-electron chi connectivity index (χ3n) is 3.06. The second kappa shape index (κ2) is 11.2. The SMILES string of the molecule is CC(=O)NC(C(=O)O)C(C)C.[NH-]C1CCCCC1[NH-].[Pt+2]. The van der Waals surface area contributed by atoms with Crippen LogP contribution in [0.3, 0.4) is 0 Å². The molecular formula is C13H25N3O3Pt. The Balaban J connectivity index is 0. The smallest absolute Gasteiger partial charge is 0.676 e. The number of hydrogen-bond donors (Lipinski definition) is 2. The Labute approximate surface area is 135 Å². The van der Waals surface area contributed by atoms with E-state index in [4.69, 9.17) is 16.6 Å². The largest absolute Gasteiger partial charge is 2.00 e. The van der Waals surface area contributed by atoms with Gasteiger partial charge in [0.25, 0.3) is 0 Å². The summed E-state index contributed by atoms with van der Waals surface area (Å²) in [4.78, 5) is 21.0. The average Bonchev–Trinajstić information content (AvgIpc) is 2.30. The summed E-state index contributed by atoms with van der Waals surface area (Å²) in [5, 5.41) is 10.9. The van der Waals surface area contributed by atoms with Gasteiger partial charge in [0, 0.05) is 6.92 Å². The van der Waals surface area contributed by atoms with Crippen molar-refractivity contribution in [3.8, 4) is 0 Å². The molecule has 0 spiro atoms. The quantitative estimate of drug-likeness (QED) is 0.667. The molecule has 1 aliphatic carbocycles. The fourth-order valence-corrected chi connectivity index (χ4v) is 1.86. The first-order valence-corrected chi connectivity index (χ1v) is 6.67. The fourth-order valence-electron chi connectivity index (χ4n) is 1.86. The van der Waals surface area contributed by atoms with Crippen LogP contribution in [0, 0.1) is 5.92 Å². The number of carboxylic acids is 1. The van der Waals surface area contributed by atoms with Crippen LogP contribution in [0.5, 0.6) is 0 Å². The molecule has 4 N–H and O–H groups in total. The van der Waals surface area contributed by atoms with Crippen LogP contribution in [-0.4, -0.2) is 35.1 Å². The number of hydrogen-bond acceptors (Lipinski definition) is 2. The van der Waals surface area contributed by atoms with Crippen molar-refractivity contribution in [1.29, 1.82) is 0 Å². The molecule has 0 aromatic carbocycles. The number of aliphatic carboxylic acids is 1. The van der Waals surface area contributed by atoms with Crippen molar-refractivity contribution in [3.05, 3.63) is 11.5 Å². The predicted molar refractivity (Wildman–Crippen MR) is 74.8 cm³/mol. The number of carbonyl (C=O) groups is 2. The molecule has 7 heteroatoms. The first kappa shape index (κ1) is 21.8. The first-order chi connectivity index (χ1) is 8.75.